The van der Waals surface area contributed by atoms with Gasteiger partial charge in [-0.3, -0.25) is 4.90 Å². The molecule has 2 rings (SSSR count). The average Bonchev–Trinajstić information content (AvgIpc) is 3.16. The zero-order valence-corrected chi connectivity index (χ0v) is 12.3. The third-order valence-corrected chi connectivity index (χ3v) is 3.87. The molecule has 0 saturated heterocycles. The van der Waals surface area contributed by atoms with Crippen LogP contribution in [0.3, 0.4) is 0 Å². The fraction of sp³-hybridized carbons (Fsp3) is 0.571. The largest absolute Gasteiger partial charge is 0.311 e. The first kappa shape index (κ1) is 14.0. The van der Waals surface area contributed by atoms with Crippen molar-refractivity contribution in [1.82, 2.24) is 10.2 Å². The molecule has 1 aliphatic carbocycles. The Bertz CT molecular complexity index is 393. The Balaban J connectivity index is 1.71. The van der Waals surface area contributed by atoms with Crippen LogP contribution in [0.15, 0.2) is 22.7 Å². The van der Waals surface area contributed by atoms with Crippen LogP contribution < -0.4 is 5.32 Å². The summed E-state index contributed by atoms with van der Waals surface area (Å²) >= 11 is 3.26. The van der Waals surface area contributed by atoms with E-state index in [1.54, 1.807) is 0 Å². The standard InChI is InChI=1S/C14H20BrFN2/c1-2-18(13-5-6-13)8-7-17-10-11-3-4-12(15)9-14(11)16/h3-4,9,13,17H,2,5-8,10H2,1H3. The second-order valence-corrected chi connectivity index (χ2v) is 5.69. The van der Waals surface area contributed by atoms with Crippen molar-refractivity contribution in [3.8, 4) is 0 Å². The van der Waals surface area contributed by atoms with Crippen LogP contribution in [-0.2, 0) is 6.54 Å². The molecular formula is C14H20BrFN2. The van der Waals surface area contributed by atoms with E-state index < -0.39 is 0 Å². The normalized spacial score (nSPS) is 15.3. The monoisotopic (exact) mass is 314 g/mol. The molecule has 1 aromatic rings. The fourth-order valence-electron chi connectivity index (χ4n) is 2.15. The van der Waals surface area contributed by atoms with Crippen molar-refractivity contribution in [1.29, 1.82) is 0 Å². The lowest BCUT2D eigenvalue weighted by molar-refractivity contribution is 0.276. The lowest BCUT2D eigenvalue weighted by Crippen LogP contribution is -2.33. The van der Waals surface area contributed by atoms with Crippen LogP contribution >= 0.6 is 15.9 Å². The second-order valence-electron chi connectivity index (χ2n) is 4.77. The predicted molar refractivity (Wildman–Crippen MR) is 76.1 cm³/mol. The number of rotatable bonds is 7. The maximum absolute atomic E-state index is 13.6. The predicted octanol–water partition coefficient (Wildman–Crippen LogP) is 3.16. The second kappa shape index (κ2) is 6.64. The summed E-state index contributed by atoms with van der Waals surface area (Å²) in [6.07, 6.45) is 2.68. The molecule has 1 fully saturated rings. The van der Waals surface area contributed by atoms with E-state index in [0.29, 0.717) is 6.54 Å². The van der Waals surface area contributed by atoms with E-state index in [9.17, 15) is 4.39 Å². The first-order valence-electron chi connectivity index (χ1n) is 6.59. The lowest BCUT2D eigenvalue weighted by atomic mass is 10.2. The molecule has 0 amide bonds. The summed E-state index contributed by atoms with van der Waals surface area (Å²) in [6.45, 7) is 5.88. The summed E-state index contributed by atoms with van der Waals surface area (Å²) in [5, 5.41) is 3.31. The molecule has 0 radical (unpaired) electrons. The molecule has 0 aromatic heterocycles. The molecule has 0 spiro atoms. The van der Waals surface area contributed by atoms with Crippen molar-refractivity contribution >= 4 is 15.9 Å². The third-order valence-electron chi connectivity index (χ3n) is 3.38. The van der Waals surface area contributed by atoms with E-state index in [1.807, 2.05) is 12.1 Å². The Morgan fingerprint density at radius 1 is 1.44 bits per heavy atom. The van der Waals surface area contributed by atoms with Crippen LogP contribution in [0.25, 0.3) is 0 Å². The van der Waals surface area contributed by atoms with E-state index in [4.69, 9.17) is 0 Å². The van der Waals surface area contributed by atoms with Crippen molar-refractivity contribution in [2.24, 2.45) is 0 Å². The van der Waals surface area contributed by atoms with E-state index >= 15 is 0 Å². The number of benzene rings is 1. The van der Waals surface area contributed by atoms with Gasteiger partial charge in [0.05, 0.1) is 0 Å². The zero-order valence-electron chi connectivity index (χ0n) is 10.8. The molecule has 1 aromatic carbocycles. The molecule has 0 atom stereocenters. The van der Waals surface area contributed by atoms with Gasteiger partial charge in [0, 0.05) is 35.7 Å². The topological polar surface area (TPSA) is 15.3 Å². The highest BCUT2D eigenvalue weighted by molar-refractivity contribution is 9.10. The Morgan fingerprint density at radius 3 is 2.83 bits per heavy atom. The van der Waals surface area contributed by atoms with Crippen molar-refractivity contribution in [2.45, 2.75) is 32.4 Å². The molecule has 2 nitrogen and oxygen atoms in total. The number of nitrogens with zero attached hydrogens (tertiary/aromatic N) is 1. The first-order chi connectivity index (χ1) is 8.70. The highest BCUT2D eigenvalue weighted by Crippen LogP contribution is 2.25. The van der Waals surface area contributed by atoms with Gasteiger partial charge in [-0.05, 0) is 31.5 Å². The molecule has 18 heavy (non-hydrogen) atoms. The van der Waals surface area contributed by atoms with Gasteiger partial charge in [0.25, 0.3) is 0 Å². The van der Waals surface area contributed by atoms with Crippen molar-refractivity contribution in [3.63, 3.8) is 0 Å². The number of halogens is 2. The number of nitrogens with one attached hydrogen (secondary N) is 1. The minimum atomic E-state index is -0.147. The Labute approximate surface area is 117 Å². The number of likely N-dealkylation sites (N-methyl/N-ethyl adjacent to an activating group) is 1. The molecule has 4 heteroatoms. The number of hydrogen-bond donors (Lipinski definition) is 1. The molecule has 100 valence electrons. The van der Waals surface area contributed by atoms with Crippen molar-refractivity contribution in [3.05, 3.63) is 34.1 Å². The Hall–Kier alpha value is -0.450. The van der Waals surface area contributed by atoms with Gasteiger partial charge in [0.15, 0.2) is 0 Å². The lowest BCUT2D eigenvalue weighted by Gasteiger charge is -2.19. The van der Waals surface area contributed by atoms with Crippen LogP contribution in [0.5, 0.6) is 0 Å². The van der Waals surface area contributed by atoms with Crippen LogP contribution in [0, 0.1) is 5.82 Å². The Morgan fingerprint density at radius 2 is 2.22 bits per heavy atom. The van der Waals surface area contributed by atoms with Crippen LogP contribution in [0.1, 0.15) is 25.3 Å². The zero-order chi connectivity index (χ0) is 13.0. The van der Waals surface area contributed by atoms with Gasteiger partial charge in [-0.25, -0.2) is 4.39 Å². The molecule has 1 N–H and O–H groups in total. The van der Waals surface area contributed by atoms with Gasteiger partial charge in [-0.15, -0.1) is 0 Å². The highest BCUT2D eigenvalue weighted by Gasteiger charge is 2.26. The molecule has 1 saturated carbocycles. The van der Waals surface area contributed by atoms with Gasteiger partial charge in [-0.1, -0.05) is 28.9 Å². The minimum Gasteiger partial charge on any atom is -0.311 e. The van der Waals surface area contributed by atoms with Gasteiger partial charge in [-0.2, -0.15) is 0 Å². The summed E-state index contributed by atoms with van der Waals surface area (Å²) in [7, 11) is 0. The van der Waals surface area contributed by atoms with Gasteiger partial charge < -0.3 is 5.32 Å². The van der Waals surface area contributed by atoms with E-state index in [-0.39, 0.29) is 5.82 Å². The molecule has 0 heterocycles. The van der Waals surface area contributed by atoms with Gasteiger partial charge in [0.2, 0.25) is 0 Å². The maximum Gasteiger partial charge on any atom is 0.128 e. The highest BCUT2D eigenvalue weighted by atomic mass is 79.9. The molecular weight excluding hydrogens is 295 g/mol. The minimum absolute atomic E-state index is 0.147. The quantitative estimate of drug-likeness (QED) is 0.778. The Kier molecular flexibility index (Phi) is 5.15. The summed E-state index contributed by atoms with van der Waals surface area (Å²) < 4.78 is 14.3. The van der Waals surface area contributed by atoms with E-state index in [2.05, 4.69) is 33.1 Å². The SMILES string of the molecule is CCN(CCNCc1ccc(Br)cc1F)C1CC1. The summed E-state index contributed by atoms with van der Waals surface area (Å²) in [5.41, 5.74) is 0.729. The molecule has 1 aliphatic rings. The van der Waals surface area contributed by atoms with Crippen LogP contribution in [0.4, 0.5) is 4.39 Å². The van der Waals surface area contributed by atoms with Crippen molar-refractivity contribution < 1.29 is 4.39 Å². The van der Waals surface area contributed by atoms with E-state index in [1.165, 1.54) is 18.9 Å². The van der Waals surface area contributed by atoms with Gasteiger partial charge >= 0.3 is 0 Å². The van der Waals surface area contributed by atoms with Crippen LogP contribution in [0.2, 0.25) is 0 Å². The molecule has 0 aliphatic heterocycles. The summed E-state index contributed by atoms with van der Waals surface area (Å²) in [4.78, 5) is 2.49. The summed E-state index contributed by atoms with van der Waals surface area (Å²) in [6, 6.07) is 6.02. The maximum atomic E-state index is 13.6. The van der Waals surface area contributed by atoms with E-state index in [0.717, 1.165) is 35.7 Å². The fourth-order valence-corrected chi connectivity index (χ4v) is 2.48. The first-order valence-corrected chi connectivity index (χ1v) is 7.38. The third kappa shape index (κ3) is 4.04. The molecule has 0 unspecified atom stereocenters. The smallest absolute Gasteiger partial charge is 0.128 e. The van der Waals surface area contributed by atoms with Crippen LogP contribution in [-0.4, -0.2) is 30.6 Å². The van der Waals surface area contributed by atoms with Crippen molar-refractivity contribution in [2.75, 3.05) is 19.6 Å². The van der Waals surface area contributed by atoms with Gasteiger partial charge in [0.1, 0.15) is 5.82 Å². The molecule has 0 bridgehead atoms. The summed E-state index contributed by atoms with van der Waals surface area (Å²) in [5.74, 6) is -0.147. The number of hydrogen-bond acceptors (Lipinski definition) is 2. The average molecular weight is 315 g/mol.